The summed E-state index contributed by atoms with van der Waals surface area (Å²) in [6.45, 7) is 2.08. The van der Waals surface area contributed by atoms with Crippen LogP contribution in [-0.2, 0) is 10.0 Å². The van der Waals surface area contributed by atoms with Gasteiger partial charge >= 0.3 is 0 Å². The van der Waals surface area contributed by atoms with Crippen LogP contribution in [0.1, 0.15) is 31.7 Å². The first-order valence-electron chi connectivity index (χ1n) is 5.08. The minimum atomic E-state index is -3.40. The fourth-order valence-corrected chi connectivity index (χ4v) is 2.99. The van der Waals surface area contributed by atoms with Gasteiger partial charge in [-0.25, -0.2) is 0 Å². The molecule has 1 aromatic carbocycles. The molecule has 0 saturated heterocycles. The van der Waals surface area contributed by atoms with Gasteiger partial charge in [0.2, 0.25) is 0 Å². The van der Waals surface area contributed by atoms with Crippen LogP contribution in [-0.4, -0.2) is 14.1 Å². The molecule has 0 amide bonds. The minimum absolute atomic E-state index is 0.358. The van der Waals surface area contributed by atoms with E-state index in [4.69, 9.17) is 0 Å². The number of hydrogen-bond acceptors (Lipinski definition) is 2. The summed E-state index contributed by atoms with van der Waals surface area (Å²) in [6.07, 6.45) is 2.76. The summed E-state index contributed by atoms with van der Waals surface area (Å²) in [5, 5.41) is 0. The molecular formula is C11H13NO2S. The van der Waals surface area contributed by atoms with Crippen LogP contribution >= 0.6 is 0 Å². The van der Waals surface area contributed by atoms with Crippen molar-refractivity contribution in [2.75, 3.05) is 0 Å². The number of rotatable bonds is 3. The SMILES string of the molecule is CCCCC1=NS(=O)(=O)c2ccccc21. The van der Waals surface area contributed by atoms with Gasteiger partial charge < -0.3 is 0 Å². The third-order valence-corrected chi connectivity index (χ3v) is 3.85. The molecule has 0 fully saturated rings. The lowest BCUT2D eigenvalue weighted by molar-refractivity contribution is 0.599. The topological polar surface area (TPSA) is 46.5 Å². The Kier molecular flexibility index (Phi) is 2.61. The molecule has 1 aromatic rings. The van der Waals surface area contributed by atoms with Crippen molar-refractivity contribution in [2.45, 2.75) is 31.1 Å². The number of unbranched alkanes of at least 4 members (excludes halogenated alkanes) is 1. The first-order valence-corrected chi connectivity index (χ1v) is 6.52. The molecule has 0 radical (unpaired) electrons. The van der Waals surface area contributed by atoms with Crippen molar-refractivity contribution in [1.82, 2.24) is 0 Å². The molecular weight excluding hydrogens is 210 g/mol. The summed E-state index contributed by atoms with van der Waals surface area (Å²) >= 11 is 0. The summed E-state index contributed by atoms with van der Waals surface area (Å²) in [4.78, 5) is 0.358. The van der Waals surface area contributed by atoms with Crippen molar-refractivity contribution in [3.05, 3.63) is 29.8 Å². The van der Waals surface area contributed by atoms with E-state index in [1.807, 2.05) is 12.1 Å². The highest BCUT2D eigenvalue weighted by Crippen LogP contribution is 2.27. The predicted molar refractivity (Wildman–Crippen MR) is 59.7 cm³/mol. The molecule has 1 aliphatic heterocycles. The van der Waals surface area contributed by atoms with E-state index in [-0.39, 0.29) is 0 Å². The Balaban J connectivity index is 2.44. The molecule has 2 rings (SSSR count). The summed E-state index contributed by atoms with van der Waals surface area (Å²) in [7, 11) is -3.40. The third kappa shape index (κ3) is 1.81. The molecule has 0 atom stereocenters. The van der Waals surface area contributed by atoms with Gasteiger partial charge in [0.05, 0.1) is 10.6 Å². The van der Waals surface area contributed by atoms with E-state index >= 15 is 0 Å². The Labute approximate surface area is 89.9 Å². The standard InChI is InChI=1S/C11H13NO2S/c1-2-3-7-10-9-6-4-5-8-11(9)15(13,14)12-10/h4-6,8H,2-3,7H2,1H3. The molecule has 1 heterocycles. The van der Waals surface area contributed by atoms with Gasteiger partial charge in [-0.2, -0.15) is 12.8 Å². The second-order valence-electron chi connectivity index (χ2n) is 3.61. The highest BCUT2D eigenvalue weighted by molar-refractivity contribution is 7.90. The Morgan fingerprint density at radius 2 is 2.00 bits per heavy atom. The second kappa shape index (κ2) is 3.77. The summed E-state index contributed by atoms with van der Waals surface area (Å²) in [6, 6.07) is 7.03. The smallest absolute Gasteiger partial charge is 0.199 e. The van der Waals surface area contributed by atoms with Crippen LogP contribution in [0, 0.1) is 0 Å². The zero-order valence-electron chi connectivity index (χ0n) is 8.60. The Bertz CT molecular complexity index is 503. The summed E-state index contributed by atoms with van der Waals surface area (Å²) in [5.74, 6) is 0. The maximum Gasteiger partial charge on any atom is 0.283 e. The van der Waals surface area contributed by atoms with Crippen LogP contribution in [0.5, 0.6) is 0 Å². The number of fused-ring (bicyclic) bond motifs is 1. The van der Waals surface area contributed by atoms with Crippen LogP contribution in [0.25, 0.3) is 0 Å². The van der Waals surface area contributed by atoms with Gasteiger partial charge in [0.1, 0.15) is 0 Å². The molecule has 4 heteroatoms. The molecule has 0 unspecified atom stereocenters. The van der Waals surface area contributed by atoms with Gasteiger partial charge in [-0.15, -0.1) is 0 Å². The monoisotopic (exact) mass is 223 g/mol. The zero-order chi connectivity index (χ0) is 10.9. The van der Waals surface area contributed by atoms with Crippen LogP contribution in [0.3, 0.4) is 0 Å². The van der Waals surface area contributed by atoms with E-state index in [9.17, 15) is 8.42 Å². The van der Waals surface area contributed by atoms with Crippen molar-refractivity contribution in [3.63, 3.8) is 0 Å². The van der Waals surface area contributed by atoms with E-state index < -0.39 is 10.0 Å². The number of hydrogen-bond donors (Lipinski definition) is 0. The Morgan fingerprint density at radius 3 is 2.73 bits per heavy atom. The van der Waals surface area contributed by atoms with Gasteiger partial charge in [-0.05, 0) is 18.9 Å². The van der Waals surface area contributed by atoms with Crippen molar-refractivity contribution >= 4 is 15.7 Å². The normalized spacial score (nSPS) is 17.3. The maximum absolute atomic E-state index is 11.6. The number of nitrogens with zero attached hydrogens (tertiary/aromatic N) is 1. The van der Waals surface area contributed by atoms with Crippen LogP contribution in [0.15, 0.2) is 33.6 Å². The lowest BCUT2D eigenvalue weighted by Crippen LogP contribution is -1.97. The number of benzene rings is 1. The molecule has 15 heavy (non-hydrogen) atoms. The largest absolute Gasteiger partial charge is 0.283 e. The molecule has 0 aromatic heterocycles. The van der Waals surface area contributed by atoms with E-state index in [0.29, 0.717) is 10.6 Å². The molecule has 3 nitrogen and oxygen atoms in total. The molecule has 80 valence electrons. The van der Waals surface area contributed by atoms with Crippen molar-refractivity contribution in [2.24, 2.45) is 4.40 Å². The van der Waals surface area contributed by atoms with Gasteiger partial charge in [0, 0.05) is 5.56 Å². The molecule has 0 saturated carbocycles. The maximum atomic E-state index is 11.6. The average molecular weight is 223 g/mol. The summed E-state index contributed by atoms with van der Waals surface area (Å²) < 4.78 is 27.1. The molecule has 0 bridgehead atoms. The van der Waals surface area contributed by atoms with E-state index in [1.165, 1.54) is 0 Å². The van der Waals surface area contributed by atoms with E-state index in [0.717, 1.165) is 24.8 Å². The lowest BCUT2D eigenvalue weighted by atomic mass is 10.1. The zero-order valence-corrected chi connectivity index (χ0v) is 9.42. The highest BCUT2D eigenvalue weighted by Gasteiger charge is 2.27. The Morgan fingerprint density at radius 1 is 1.27 bits per heavy atom. The second-order valence-corrected chi connectivity index (χ2v) is 5.19. The van der Waals surface area contributed by atoms with Gasteiger partial charge in [-0.1, -0.05) is 31.5 Å². The van der Waals surface area contributed by atoms with Gasteiger partial charge in [-0.3, -0.25) is 0 Å². The number of sulfonamides is 1. The van der Waals surface area contributed by atoms with Crippen molar-refractivity contribution < 1.29 is 8.42 Å². The van der Waals surface area contributed by atoms with Crippen molar-refractivity contribution in [1.29, 1.82) is 0 Å². The molecule has 1 aliphatic rings. The Hall–Kier alpha value is -1.16. The molecule has 0 spiro atoms. The fourth-order valence-electron chi connectivity index (χ4n) is 1.70. The van der Waals surface area contributed by atoms with E-state index in [2.05, 4.69) is 11.3 Å². The van der Waals surface area contributed by atoms with Crippen LogP contribution in [0.2, 0.25) is 0 Å². The van der Waals surface area contributed by atoms with Gasteiger partial charge in [0.25, 0.3) is 10.0 Å². The quantitative estimate of drug-likeness (QED) is 0.789. The third-order valence-electron chi connectivity index (χ3n) is 2.47. The first kappa shape index (κ1) is 10.4. The molecule has 0 aliphatic carbocycles. The van der Waals surface area contributed by atoms with Crippen molar-refractivity contribution in [3.8, 4) is 0 Å². The van der Waals surface area contributed by atoms with E-state index in [1.54, 1.807) is 12.1 Å². The average Bonchev–Trinajstić information content (AvgIpc) is 2.49. The fraction of sp³-hybridized carbons (Fsp3) is 0.364. The molecule has 0 N–H and O–H groups in total. The minimum Gasteiger partial charge on any atom is -0.199 e. The predicted octanol–water partition coefficient (Wildman–Crippen LogP) is 2.37. The highest BCUT2D eigenvalue weighted by atomic mass is 32.2. The van der Waals surface area contributed by atoms with Crippen LogP contribution in [0.4, 0.5) is 0 Å². The lowest BCUT2D eigenvalue weighted by Gasteiger charge is -1.99. The first-order chi connectivity index (χ1) is 7.15. The summed E-state index contributed by atoms with van der Waals surface area (Å²) in [5.41, 5.74) is 1.50. The van der Waals surface area contributed by atoms with Gasteiger partial charge in [0.15, 0.2) is 0 Å². The van der Waals surface area contributed by atoms with Crippen LogP contribution < -0.4 is 0 Å².